The molecule has 0 aliphatic heterocycles. The van der Waals surface area contributed by atoms with Crippen LogP contribution >= 0.6 is 0 Å². The van der Waals surface area contributed by atoms with E-state index in [1.807, 2.05) is 30.3 Å². The van der Waals surface area contributed by atoms with E-state index in [4.69, 9.17) is 5.73 Å². The van der Waals surface area contributed by atoms with Gasteiger partial charge in [-0.2, -0.15) is 5.10 Å². The third kappa shape index (κ3) is 2.55. The molecule has 0 saturated heterocycles. The normalized spacial score (nSPS) is 10.7. The molecule has 0 aliphatic carbocycles. The highest BCUT2D eigenvalue weighted by atomic mass is 16.5. The number of methoxy groups -OCH3 is 1. The molecule has 3 rings (SSSR count). The molecule has 0 aliphatic rings. The second-order valence-corrected chi connectivity index (χ2v) is 4.65. The van der Waals surface area contributed by atoms with Gasteiger partial charge in [0.25, 0.3) is 0 Å². The van der Waals surface area contributed by atoms with Crippen molar-refractivity contribution in [3.63, 3.8) is 0 Å². The highest BCUT2D eigenvalue weighted by Gasteiger charge is 2.15. The molecule has 2 N–H and O–H groups in total. The summed E-state index contributed by atoms with van der Waals surface area (Å²) in [5.41, 5.74) is 8.21. The number of esters is 1. The first-order valence-corrected chi connectivity index (χ1v) is 6.42. The second-order valence-electron chi connectivity index (χ2n) is 4.65. The molecule has 6 heteroatoms. The second kappa shape index (κ2) is 5.24. The van der Waals surface area contributed by atoms with Crippen molar-refractivity contribution in [3.8, 4) is 0 Å². The van der Waals surface area contributed by atoms with Gasteiger partial charge >= 0.3 is 5.97 Å². The first-order chi connectivity index (χ1) is 10.2. The van der Waals surface area contributed by atoms with Crippen molar-refractivity contribution in [2.45, 2.75) is 6.54 Å². The fourth-order valence-corrected chi connectivity index (χ4v) is 2.18. The molecular formula is C15H14N4O2. The number of hydrogen-bond acceptors (Lipinski definition) is 5. The summed E-state index contributed by atoms with van der Waals surface area (Å²) < 4.78 is 6.26. The minimum atomic E-state index is -0.533. The van der Waals surface area contributed by atoms with Crippen LogP contribution in [0.4, 0.5) is 5.69 Å². The molecule has 0 radical (unpaired) electrons. The molecule has 3 aromatic rings. The number of nitrogens with two attached hydrogens (primary N) is 1. The van der Waals surface area contributed by atoms with Crippen molar-refractivity contribution in [2.24, 2.45) is 0 Å². The number of nitrogens with zero attached hydrogens (tertiary/aromatic N) is 3. The average molecular weight is 282 g/mol. The first kappa shape index (κ1) is 13.1. The van der Waals surface area contributed by atoms with E-state index in [1.54, 1.807) is 17.1 Å². The molecule has 1 aromatic carbocycles. The number of nitrogen functional groups attached to an aromatic ring is 1. The Morgan fingerprint density at radius 3 is 3.05 bits per heavy atom. The molecular weight excluding hydrogens is 268 g/mol. The maximum absolute atomic E-state index is 11.5. The molecule has 6 nitrogen and oxygen atoms in total. The SMILES string of the molecule is COC(=O)c1nn(Cc2ccc3ncccc3c2)cc1N. The summed E-state index contributed by atoms with van der Waals surface area (Å²) in [4.78, 5) is 15.8. The fourth-order valence-electron chi connectivity index (χ4n) is 2.18. The summed E-state index contributed by atoms with van der Waals surface area (Å²) in [5.74, 6) is -0.533. The quantitative estimate of drug-likeness (QED) is 0.741. The minimum Gasteiger partial charge on any atom is -0.464 e. The Kier molecular flexibility index (Phi) is 3.27. The molecule has 0 unspecified atom stereocenters. The number of pyridine rings is 1. The van der Waals surface area contributed by atoms with Gasteiger partial charge in [-0.3, -0.25) is 9.67 Å². The number of anilines is 1. The zero-order chi connectivity index (χ0) is 14.8. The standard InChI is InChI=1S/C15H14N4O2/c1-21-15(20)14-12(16)9-19(18-14)8-10-4-5-13-11(7-10)3-2-6-17-13/h2-7,9H,8,16H2,1H3. The summed E-state index contributed by atoms with van der Waals surface area (Å²) in [6.07, 6.45) is 3.39. The van der Waals surface area contributed by atoms with E-state index in [0.29, 0.717) is 12.2 Å². The highest BCUT2D eigenvalue weighted by molar-refractivity contribution is 5.92. The number of benzene rings is 1. The molecule has 0 spiro atoms. The molecule has 0 fully saturated rings. The number of carbonyl (C=O) groups excluding carboxylic acids is 1. The fraction of sp³-hybridized carbons (Fsp3) is 0.133. The van der Waals surface area contributed by atoms with E-state index in [1.165, 1.54) is 7.11 Å². The Morgan fingerprint density at radius 2 is 2.24 bits per heavy atom. The Bertz CT molecular complexity index is 810. The lowest BCUT2D eigenvalue weighted by atomic mass is 10.1. The smallest absolute Gasteiger partial charge is 0.360 e. The van der Waals surface area contributed by atoms with Crippen LogP contribution in [-0.2, 0) is 11.3 Å². The van der Waals surface area contributed by atoms with Crippen LogP contribution < -0.4 is 5.73 Å². The summed E-state index contributed by atoms with van der Waals surface area (Å²) >= 11 is 0. The first-order valence-electron chi connectivity index (χ1n) is 6.42. The van der Waals surface area contributed by atoms with Crippen LogP contribution in [0.1, 0.15) is 16.1 Å². The maximum Gasteiger partial charge on any atom is 0.360 e. The van der Waals surface area contributed by atoms with E-state index in [9.17, 15) is 4.79 Å². The third-order valence-electron chi connectivity index (χ3n) is 3.18. The van der Waals surface area contributed by atoms with Crippen molar-refractivity contribution >= 4 is 22.6 Å². The van der Waals surface area contributed by atoms with Crippen LogP contribution in [0.2, 0.25) is 0 Å². The summed E-state index contributed by atoms with van der Waals surface area (Å²) in [6, 6.07) is 9.87. The van der Waals surface area contributed by atoms with Crippen molar-refractivity contribution in [1.82, 2.24) is 14.8 Å². The van der Waals surface area contributed by atoms with Crippen LogP contribution in [0.15, 0.2) is 42.7 Å². The van der Waals surface area contributed by atoms with Gasteiger partial charge in [0.15, 0.2) is 5.69 Å². The number of fused-ring (bicyclic) bond motifs is 1. The number of hydrogen-bond donors (Lipinski definition) is 1. The molecule has 0 atom stereocenters. The van der Waals surface area contributed by atoms with Crippen LogP contribution in [0, 0.1) is 0 Å². The molecule has 2 heterocycles. The molecule has 21 heavy (non-hydrogen) atoms. The van der Waals surface area contributed by atoms with Crippen LogP contribution in [0.3, 0.4) is 0 Å². The lowest BCUT2D eigenvalue weighted by Crippen LogP contribution is -2.07. The summed E-state index contributed by atoms with van der Waals surface area (Å²) in [7, 11) is 1.30. The Hall–Kier alpha value is -2.89. The predicted octanol–water partition coefficient (Wildman–Crippen LogP) is 1.85. The molecule has 0 bridgehead atoms. The van der Waals surface area contributed by atoms with Crippen molar-refractivity contribution in [1.29, 1.82) is 0 Å². The van der Waals surface area contributed by atoms with E-state index >= 15 is 0 Å². The van der Waals surface area contributed by atoms with Gasteiger partial charge in [0.1, 0.15) is 0 Å². The highest BCUT2D eigenvalue weighted by Crippen LogP contribution is 2.16. The molecule has 2 aromatic heterocycles. The van der Waals surface area contributed by atoms with Gasteiger partial charge in [-0.15, -0.1) is 0 Å². The van der Waals surface area contributed by atoms with Gasteiger partial charge in [-0.05, 0) is 23.8 Å². The summed E-state index contributed by atoms with van der Waals surface area (Å²) in [6.45, 7) is 0.520. The van der Waals surface area contributed by atoms with Gasteiger partial charge in [-0.25, -0.2) is 4.79 Å². The average Bonchev–Trinajstić information content (AvgIpc) is 2.87. The van der Waals surface area contributed by atoms with Crippen LogP contribution in [-0.4, -0.2) is 27.8 Å². The lowest BCUT2D eigenvalue weighted by Gasteiger charge is -2.03. The zero-order valence-electron chi connectivity index (χ0n) is 11.5. The Morgan fingerprint density at radius 1 is 1.38 bits per heavy atom. The third-order valence-corrected chi connectivity index (χ3v) is 3.18. The van der Waals surface area contributed by atoms with Crippen molar-refractivity contribution in [3.05, 3.63) is 54.0 Å². The van der Waals surface area contributed by atoms with E-state index in [0.717, 1.165) is 16.5 Å². The number of ether oxygens (including phenoxy) is 1. The molecule has 106 valence electrons. The summed E-state index contributed by atoms with van der Waals surface area (Å²) in [5, 5.41) is 5.22. The van der Waals surface area contributed by atoms with E-state index < -0.39 is 5.97 Å². The Labute approximate surface area is 121 Å². The zero-order valence-corrected chi connectivity index (χ0v) is 11.5. The largest absolute Gasteiger partial charge is 0.464 e. The predicted molar refractivity (Wildman–Crippen MR) is 78.8 cm³/mol. The van der Waals surface area contributed by atoms with Crippen molar-refractivity contribution < 1.29 is 9.53 Å². The van der Waals surface area contributed by atoms with Gasteiger partial charge in [0, 0.05) is 17.8 Å². The monoisotopic (exact) mass is 282 g/mol. The van der Waals surface area contributed by atoms with E-state index in [2.05, 4.69) is 14.8 Å². The van der Waals surface area contributed by atoms with Gasteiger partial charge in [0.05, 0.1) is 24.9 Å². The van der Waals surface area contributed by atoms with Gasteiger partial charge < -0.3 is 10.5 Å². The lowest BCUT2D eigenvalue weighted by molar-refractivity contribution is 0.0594. The van der Waals surface area contributed by atoms with Gasteiger partial charge in [-0.1, -0.05) is 12.1 Å². The van der Waals surface area contributed by atoms with E-state index in [-0.39, 0.29) is 5.69 Å². The number of rotatable bonds is 3. The van der Waals surface area contributed by atoms with Crippen LogP contribution in [0.5, 0.6) is 0 Å². The molecule has 0 amide bonds. The van der Waals surface area contributed by atoms with Crippen molar-refractivity contribution in [2.75, 3.05) is 12.8 Å². The Balaban J connectivity index is 1.89. The molecule has 0 saturated carbocycles. The maximum atomic E-state index is 11.5. The van der Waals surface area contributed by atoms with Gasteiger partial charge in [0.2, 0.25) is 0 Å². The number of carbonyl (C=O) groups is 1. The van der Waals surface area contributed by atoms with Crippen LogP contribution in [0.25, 0.3) is 10.9 Å². The topological polar surface area (TPSA) is 83.0 Å². The minimum absolute atomic E-state index is 0.139. The number of aromatic nitrogens is 3.